The molecular formula is C23H32N3OS+. The van der Waals surface area contributed by atoms with E-state index in [1.807, 2.05) is 0 Å². The van der Waals surface area contributed by atoms with E-state index in [4.69, 9.17) is 17.0 Å². The largest absolute Gasteiger partial charge is 0.365 e. The fourth-order valence-corrected chi connectivity index (χ4v) is 3.75. The average molecular weight is 399 g/mol. The summed E-state index contributed by atoms with van der Waals surface area (Å²) in [5.74, 6) is 0. The molecule has 1 unspecified atom stereocenters. The lowest BCUT2D eigenvalue weighted by molar-refractivity contribution is -0.925. The maximum absolute atomic E-state index is 5.93. The van der Waals surface area contributed by atoms with Gasteiger partial charge in [0.25, 0.3) is 0 Å². The number of nitrogens with one attached hydrogen (secondary N) is 3. The van der Waals surface area contributed by atoms with E-state index in [-0.39, 0.29) is 6.10 Å². The third-order valence-corrected chi connectivity index (χ3v) is 5.39. The molecule has 150 valence electrons. The van der Waals surface area contributed by atoms with Gasteiger partial charge in [-0.3, -0.25) is 0 Å². The molecule has 0 aromatic heterocycles. The smallest absolute Gasteiger partial charge is 0.170 e. The van der Waals surface area contributed by atoms with Gasteiger partial charge in [0.1, 0.15) is 25.7 Å². The Kier molecular flexibility index (Phi) is 8.27. The number of hydrogen-bond donors (Lipinski definition) is 3. The summed E-state index contributed by atoms with van der Waals surface area (Å²) in [7, 11) is 0. The van der Waals surface area contributed by atoms with E-state index in [1.165, 1.54) is 24.0 Å². The molecule has 2 atom stereocenters. The maximum Gasteiger partial charge on any atom is 0.170 e. The summed E-state index contributed by atoms with van der Waals surface area (Å²) in [6, 6.07) is 19.2. The van der Waals surface area contributed by atoms with Crippen LogP contribution in [0.4, 0.5) is 5.69 Å². The number of unbranched alkanes of at least 4 members (excludes halogenated alkanes) is 1. The molecule has 1 aliphatic rings. The van der Waals surface area contributed by atoms with Crippen LogP contribution in [0.3, 0.4) is 0 Å². The quantitative estimate of drug-likeness (QED) is 0.598. The summed E-state index contributed by atoms with van der Waals surface area (Å²) >= 11 is 5.46. The van der Waals surface area contributed by atoms with Crippen LogP contribution in [-0.2, 0) is 17.7 Å². The van der Waals surface area contributed by atoms with E-state index in [0.29, 0.717) is 5.11 Å². The Morgan fingerprint density at radius 1 is 1.11 bits per heavy atom. The lowest BCUT2D eigenvalue weighted by Gasteiger charge is -2.30. The summed E-state index contributed by atoms with van der Waals surface area (Å²) in [5, 5.41) is 7.24. The SMILES string of the molecule is CCCCc1ccc(NC(=S)NC[C@@H]2C[NH+](Cc3ccccc3)CCO2)cc1. The van der Waals surface area contributed by atoms with Crippen molar-refractivity contribution in [2.45, 2.75) is 38.8 Å². The summed E-state index contributed by atoms with van der Waals surface area (Å²) < 4.78 is 5.93. The van der Waals surface area contributed by atoms with Crippen molar-refractivity contribution in [1.82, 2.24) is 5.32 Å². The molecule has 0 saturated carbocycles. The number of quaternary nitrogens is 1. The van der Waals surface area contributed by atoms with Crippen LogP contribution in [0.5, 0.6) is 0 Å². The molecule has 2 aromatic carbocycles. The van der Waals surface area contributed by atoms with Crippen LogP contribution in [0.2, 0.25) is 0 Å². The van der Waals surface area contributed by atoms with Gasteiger partial charge < -0.3 is 20.3 Å². The monoisotopic (exact) mass is 398 g/mol. The Morgan fingerprint density at radius 2 is 1.89 bits per heavy atom. The highest BCUT2D eigenvalue weighted by atomic mass is 32.1. The van der Waals surface area contributed by atoms with E-state index in [9.17, 15) is 0 Å². The van der Waals surface area contributed by atoms with Gasteiger partial charge in [0.05, 0.1) is 6.61 Å². The molecule has 0 radical (unpaired) electrons. The molecule has 3 rings (SSSR count). The lowest BCUT2D eigenvalue weighted by Crippen LogP contribution is -3.13. The standard InChI is InChI=1S/C23H31N3OS/c1-2-3-7-19-10-12-21(13-11-19)25-23(28)24-16-22-18-26(14-15-27-22)17-20-8-5-4-6-9-20/h4-6,8-13,22H,2-3,7,14-18H2,1H3,(H2,24,25,28)/p+1/t22-/m1/s1. The number of hydrogen-bond acceptors (Lipinski definition) is 2. The Morgan fingerprint density at radius 3 is 2.64 bits per heavy atom. The second-order valence-corrected chi connectivity index (χ2v) is 7.90. The highest BCUT2D eigenvalue weighted by Crippen LogP contribution is 2.11. The zero-order chi connectivity index (χ0) is 19.6. The Labute approximate surface area is 174 Å². The fraction of sp³-hybridized carbons (Fsp3) is 0.435. The van der Waals surface area contributed by atoms with Crippen molar-refractivity contribution < 1.29 is 9.64 Å². The number of aryl methyl sites for hydroxylation is 1. The van der Waals surface area contributed by atoms with Gasteiger partial charge in [-0.25, -0.2) is 0 Å². The summed E-state index contributed by atoms with van der Waals surface area (Å²) in [5.41, 5.74) is 3.78. The molecule has 1 fully saturated rings. The van der Waals surface area contributed by atoms with Crippen LogP contribution in [0.1, 0.15) is 30.9 Å². The zero-order valence-corrected chi connectivity index (χ0v) is 17.6. The first kappa shape index (κ1) is 20.8. The molecule has 0 aliphatic carbocycles. The molecule has 3 N–H and O–H groups in total. The normalized spacial score (nSPS) is 19.2. The molecule has 0 bridgehead atoms. The van der Waals surface area contributed by atoms with Crippen molar-refractivity contribution in [1.29, 1.82) is 0 Å². The maximum atomic E-state index is 5.93. The molecule has 1 heterocycles. The molecular weight excluding hydrogens is 366 g/mol. The van der Waals surface area contributed by atoms with E-state index in [2.05, 4.69) is 72.2 Å². The highest BCUT2D eigenvalue weighted by molar-refractivity contribution is 7.80. The van der Waals surface area contributed by atoms with Gasteiger partial charge >= 0.3 is 0 Å². The number of morpholine rings is 1. The highest BCUT2D eigenvalue weighted by Gasteiger charge is 2.23. The van der Waals surface area contributed by atoms with Crippen LogP contribution < -0.4 is 15.5 Å². The van der Waals surface area contributed by atoms with Crippen molar-refractivity contribution >= 4 is 23.0 Å². The average Bonchev–Trinajstić information content (AvgIpc) is 2.73. The molecule has 0 spiro atoms. The number of rotatable bonds is 8. The predicted molar refractivity (Wildman–Crippen MR) is 120 cm³/mol. The molecule has 4 nitrogen and oxygen atoms in total. The Hall–Kier alpha value is -1.95. The Balaban J connectivity index is 1.40. The van der Waals surface area contributed by atoms with E-state index in [0.717, 1.165) is 44.9 Å². The van der Waals surface area contributed by atoms with Gasteiger partial charge in [0.15, 0.2) is 5.11 Å². The lowest BCUT2D eigenvalue weighted by atomic mass is 10.1. The van der Waals surface area contributed by atoms with Crippen molar-refractivity contribution in [3.05, 3.63) is 65.7 Å². The van der Waals surface area contributed by atoms with Gasteiger partial charge in [-0.15, -0.1) is 0 Å². The van der Waals surface area contributed by atoms with E-state index in [1.54, 1.807) is 4.90 Å². The molecule has 0 amide bonds. The minimum absolute atomic E-state index is 0.184. The fourth-order valence-electron chi connectivity index (χ4n) is 3.55. The van der Waals surface area contributed by atoms with Crippen LogP contribution >= 0.6 is 12.2 Å². The first-order chi connectivity index (χ1) is 13.7. The first-order valence-corrected chi connectivity index (χ1v) is 10.8. The van der Waals surface area contributed by atoms with Gasteiger partial charge in [0, 0.05) is 17.8 Å². The van der Waals surface area contributed by atoms with Gasteiger partial charge in [-0.2, -0.15) is 0 Å². The summed E-state index contributed by atoms with van der Waals surface area (Å²) in [6.07, 6.45) is 3.78. The predicted octanol–water partition coefficient (Wildman–Crippen LogP) is 2.80. The molecule has 2 aromatic rings. The van der Waals surface area contributed by atoms with Crippen LogP contribution in [0.15, 0.2) is 54.6 Å². The second kappa shape index (κ2) is 11.1. The molecule has 1 saturated heterocycles. The third-order valence-electron chi connectivity index (χ3n) is 5.14. The van der Waals surface area contributed by atoms with Crippen LogP contribution in [0.25, 0.3) is 0 Å². The van der Waals surface area contributed by atoms with Crippen molar-refractivity contribution in [2.24, 2.45) is 0 Å². The number of ether oxygens (including phenoxy) is 1. The topological polar surface area (TPSA) is 37.7 Å². The van der Waals surface area contributed by atoms with E-state index >= 15 is 0 Å². The van der Waals surface area contributed by atoms with E-state index < -0.39 is 0 Å². The first-order valence-electron chi connectivity index (χ1n) is 10.4. The minimum Gasteiger partial charge on any atom is -0.365 e. The van der Waals surface area contributed by atoms with Gasteiger partial charge in [-0.1, -0.05) is 55.8 Å². The Bertz CT molecular complexity index is 720. The van der Waals surface area contributed by atoms with Crippen LogP contribution in [0, 0.1) is 0 Å². The van der Waals surface area contributed by atoms with Crippen LogP contribution in [-0.4, -0.2) is 37.5 Å². The third kappa shape index (κ3) is 6.89. The molecule has 28 heavy (non-hydrogen) atoms. The number of thiocarbonyl (C=S) groups is 1. The van der Waals surface area contributed by atoms with Crippen molar-refractivity contribution in [2.75, 3.05) is 31.6 Å². The van der Waals surface area contributed by atoms with Gasteiger partial charge in [-0.05, 0) is 42.8 Å². The minimum atomic E-state index is 0.184. The molecule has 5 heteroatoms. The van der Waals surface area contributed by atoms with Gasteiger partial charge in [0.2, 0.25) is 0 Å². The molecule has 1 aliphatic heterocycles. The number of benzene rings is 2. The summed E-state index contributed by atoms with van der Waals surface area (Å²) in [6.45, 7) is 6.86. The second-order valence-electron chi connectivity index (χ2n) is 7.49. The number of anilines is 1. The summed E-state index contributed by atoms with van der Waals surface area (Å²) in [4.78, 5) is 1.56. The van der Waals surface area contributed by atoms with Crippen molar-refractivity contribution in [3.8, 4) is 0 Å². The van der Waals surface area contributed by atoms with Crippen molar-refractivity contribution in [3.63, 3.8) is 0 Å². The zero-order valence-electron chi connectivity index (χ0n) is 16.7.